The zero-order valence-corrected chi connectivity index (χ0v) is 32.8. The van der Waals surface area contributed by atoms with Crippen LogP contribution < -0.4 is 10.4 Å². The lowest BCUT2D eigenvalue weighted by Crippen LogP contribution is -2.41. The molecule has 0 amide bonds. The Morgan fingerprint density at radius 3 is 1.62 bits per heavy atom. The van der Waals surface area contributed by atoms with E-state index in [0.717, 1.165) is 55.6 Å². The summed E-state index contributed by atoms with van der Waals surface area (Å²) >= 11 is 0. The average molecular weight is 730 g/mol. The van der Waals surface area contributed by atoms with Gasteiger partial charge in [-0.05, 0) is 115 Å². The van der Waals surface area contributed by atoms with Gasteiger partial charge >= 0.3 is 7.12 Å². The standard InChI is InChI=1S/C51H44BNO3/c1-49(2)44-18-9-7-14-43(44)47-39(15-12-19-45(47)49)33-21-27-36(28-22-33)53(38-31-25-35(26-32-38)52-55-50(3,4)51(5,6)56-52)37-29-23-34(24-30-37)40-16-11-17-42-41-13-8-10-20-46(41)54-48(40)42/h7-32H,1-6H3. The number of furan rings is 1. The molecule has 2 heterocycles. The first-order valence-corrected chi connectivity index (χ1v) is 19.6. The lowest BCUT2D eigenvalue weighted by Gasteiger charge is -2.32. The fourth-order valence-corrected chi connectivity index (χ4v) is 8.76. The van der Waals surface area contributed by atoms with Gasteiger partial charge in [-0.25, -0.2) is 0 Å². The molecule has 274 valence electrons. The summed E-state index contributed by atoms with van der Waals surface area (Å²) in [5.41, 5.74) is 15.2. The number of anilines is 3. The van der Waals surface area contributed by atoms with Gasteiger partial charge in [0.15, 0.2) is 0 Å². The number of rotatable bonds is 6. The van der Waals surface area contributed by atoms with Crippen molar-refractivity contribution < 1.29 is 13.7 Å². The Kier molecular flexibility index (Phi) is 7.77. The van der Waals surface area contributed by atoms with E-state index in [1.165, 1.54) is 33.4 Å². The van der Waals surface area contributed by atoms with E-state index in [-0.39, 0.29) is 5.41 Å². The zero-order valence-electron chi connectivity index (χ0n) is 32.8. The summed E-state index contributed by atoms with van der Waals surface area (Å²) in [5.74, 6) is 0. The molecular formula is C51H44BNO3. The van der Waals surface area contributed by atoms with Gasteiger partial charge in [-0.2, -0.15) is 0 Å². The second kappa shape index (κ2) is 12.6. The van der Waals surface area contributed by atoms with E-state index in [9.17, 15) is 0 Å². The zero-order chi connectivity index (χ0) is 38.4. The first-order chi connectivity index (χ1) is 27.0. The Morgan fingerprint density at radius 1 is 0.446 bits per heavy atom. The maximum absolute atomic E-state index is 6.41. The Labute approximate surface area is 329 Å². The summed E-state index contributed by atoms with van der Waals surface area (Å²) in [7, 11) is -0.426. The first-order valence-electron chi connectivity index (χ1n) is 19.6. The van der Waals surface area contributed by atoms with Gasteiger partial charge in [0.2, 0.25) is 0 Å². The van der Waals surface area contributed by atoms with Crippen LogP contribution in [0.3, 0.4) is 0 Å². The molecule has 1 aliphatic heterocycles. The summed E-state index contributed by atoms with van der Waals surface area (Å²) in [5, 5.41) is 2.26. The molecule has 1 fully saturated rings. The predicted octanol–water partition coefficient (Wildman–Crippen LogP) is 13.0. The molecule has 5 heteroatoms. The van der Waals surface area contributed by atoms with E-state index in [1.807, 2.05) is 12.1 Å². The maximum Gasteiger partial charge on any atom is 0.494 e. The van der Waals surface area contributed by atoms with Crippen molar-refractivity contribution in [2.45, 2.75) is 58.2 Å². The lowest BCUT2D eigenvalue weighted by atomic mass is 9.79. The number of nitrogens with zero attached hydrogens (tertiary/aromatic N) is 1. The summed E-state index contributed by atoms with van der Waals surface area (Å²) in [6.07, 6.45) is 0. The van der Waals surface area contributed by atoms with Crippen molar-refractivity contribution in [3.63, 3.8) is 0 Å². The molecule has 0 saturated carbocycles. The molecule has 0 spiro atoms. The predicted molar refractivity (Wildman–Crippen MR) is 233 cm³/mol. The molecule has 0 bridgehead atoms. The molecule has 4 nitrogen and oxygen atoms in total. The highest BCUT2D eigenvalue weighted by Crippen LogP contribution is 2.52. The third-order valence-corrected chi connectivity index (χ3v) is 12.6. The second-order valence-corrected chi connectivity index (χ2v) is 16.8. The monoisotopic (exact) mass is 729 g/mol. The Balaban J connectivity index is 1.04. The van der Waals surface area contributed by atoms with Gasteiger partial charge in [0.05, 0.1) is 11.2 Å². The van der Waals surface area contributed by atoms with Gasteiger partial charge in [0.25, 0.3) is 0 Å². The quantitative estimate of drug-likeness (QED) is 0.160. The van der Waals surface area contributed by atoms with E-state index in [2.05, 4.69) is 192 Å². The van der Waals surface area contributed by atoms with Crippen LogP contribution in [0.25, 0.3) is 55.3 Å². The van der Waals surface area contributed by atoms with E-state index in [1.54, 1.807) is 0 Å². The van der Waals surface area contributed by atoms with Gasteiger partial charge < -0.3 is 18.6 Å². The van der Waals surface area contributed by atoms with E-state index >= 15 is 0 Å². The number of hydrogen-bond donors (Lipinski definition) is 0. The Bertz CT molecular complexity index is 2760. The van der Waals surface area contributed by atoms with Gasteiger partial charge in [-0.1, -0.05) is 129 Å². The molecule has 0 unspecified atom stereocenters. The third-order valence-electron chi connectivity index (χ3n) is 12.6. The molecule has 0 atom stereocenters. The van der Waals surface area contributed by atoms with Crippen molar-refractivity contribution in [3.8, 4) is 33.4 Å². The molecule has 7 aromatic carbocycles. The topological polar surface area (TPSA) is 34.8 Å². The minimum atomic E-state index is -0.426. The van der Waals surface area contributed by atoms with E-state index in [4.69, 9.17) is 13.7 Å². The molecule has 10 rings (SSSR count). The van der Waals surface area contributed by atoms with E-state index in [0.29, 0.717) is 0 Å². The molecule has 1 aliphatic carbocycles. The second-order valence-electron chi connectivity index (χ2n) is 16.8. The van der Waals surface area contributed by atoms with Crippen molar-refractivity contribution >= 4 is 51.6 Å². The van der Waals surface area contributed by atoms with Crippen LogP contribution in [0.5, 0.6) is 0 Å². The minimum Gasteiger partial charge on any atom is -0.455 e. The normalized spacial score (nSPS) is 16.3. The minimum absolute atomic E-state index is 0.0486. The summed E-state index contributed by atoms with van der Waals surface area (Å²) < 4.78 is 19.2. The molecule has 56 heavy (non-hydrogen) atoms. The van der Waals surface area contributed by atoms with Crippen LogP contribution in [0.2, 0.25) is 0 Å². The van der Waals surface area contributed by atoms with E-state index < -0.39 is 18.3 Å². The highest BCUT2D eigenvalue weighted by atomic mass is 16.7. The van der Waals surface area contributed by atoms with Crippen LogP contribution in [0, 0.1) is 0 Å². The van der Waals surface area contributed by atoms with Gasteiger partial charge in [0, 0.05) is 38.8 Å². The Morgan fingerprint density at radius 2 is 0.946 bits per heavy atom. The number of fused-ring (bicyclic) bond motifs is 6. The number of hydrogen-bond acceptors (Lipinski definition) is 4. The van der Waals surface area contributed by atoms with Crippen molar-refractivity contribution in [2.75, 3.05) is 4.90 Å². The molecule has 0 N–H and O–H groups in total. The van der Waals surface area contributed by atoms with Crippen molar-refractivity contribution in [3.05, 3.63) is 169 Å². The van der Waals surface area contributed by atoms with Crippen LogP contribution in [0.15, 0.2) is 162 Å². The summed E-state index contributed by atoms with van der Waals surface area (Å²) in [4.78, 5) is 2.32. The molecular weight excluding hydrogens is 685 g/mol. The molecule has 1 aromatic heterocycles. The SMILES string of the molecule is CC1(C)c2ccccc2-c2c(-c3ccc(N(c4ccc(B5OC(C)(C)C(C)(C)O5)cc4)c4ccc(-c5cccc6c5oc5ccccc56)cc4)cc3)cccc21. The highest BCUT2D eigenvalue weighted by molar-refractivity contribution is 6.62. The first kappa shape index (κ1) is 34.6. The molecule has 2 aliphatic rings. The van der Waals surface area contributed by atoms with Crippen LogP contribution in [0.4, 0.5) is 17.1 Å². The van der Waals surface area contributed by atoms with Gasteiger partial charge in [0.1, 0.15) is 11.2 Å². The van der Waals surface area contributed by atoms with Gasteiger partial charge in [-0.15, -0.1) is 0 Å². The fraction of sp³-hybridized carbons (Fsp3) is 0.176. The van der Waals surface area contributed by atoms with Gasteiger partial charge in [-0.3, -0.25) is 0 Å². The average Bonchev–Trinajstić information content (AvgIpc) is 3.79. The maximum atomic E-state index is 6.41. The van der Waals surface area contributed by atoms with Crippen LogP contribution in [0.1, 0.15) is 52.7 Å². The van der Waals surface area contributed by atoms with Crippen LogP contribution in [-0.4, -0.2) is 18.3 Å². The summed E-state index contributed by atoms with van der Waals surface area (Å²) in [6.45, 7) is 13.0. The smallest absolute Gasteiger partial charge is 0.455 e. The van der Waals surface area contributed by atoms with Crippen LogP contribution >= 0.6 is 0 Å². The summed E-state index contributed by atoms with van der Waals surface area (Å²) in [6, 6.07) is 56.7. The molecule has 8 aromatic rings. The number of para-hydroxylation sites is 2. The van der Waals surface area contributed by atoms with Crippen LogP contribution in [-0.2, 0) is 14.7 Å². The van der Waals surface area contributed by atoms with Crippen molar-refractivity contribution in [1.29, 1.82) is 0 Å². The largest absolute Gasteiger partial charge is 0.494 e. The van der Waals surface area contributed by atoms with Crippen molar-refractivity contribution in [2.24, 2.45) is 0 Å². The third kappa shape index (κ3) is 5.37. The Hall–Kier alpha value is -5.88. The fourth-order valence-electron chi connectivity index (χ4n) is 8.76. The van der Waals surface area contributed by atoms with Crippen molar-refractivity contribution in [1.82, 2.24) is 0 Å². The molecule has 0 radical (unpaired) electrons. The molecule has 1 saturated heterocycles. The lowest BCUT2D eigenvalue weighted by molar-refractivity contribution is 0.00578. The highest BCUT2D eigenvalue weighted by Gasteiger charge is 2.51. The number of benzene rings is 7.